The molecule has 148 valence electrons. The molecule has 0 saturated carbocycles. The minimum absolute atomic E-state index is 0.0252. The third kappa shape index (κ3) is 4.32. The molecule has 1 aliphatic rings. The number of hydrogen-bond acceptors (Lipinski definition) is 3. The zero-order valence-corrected chi connectivity index (χ0v) is 16.2. The fourth-order valence-electron chi connectivity index (χ4n) is 3.57. The smallest absolute Gasteiger partial charge is 0.257 e. The first-order chi connectivity index (χ1) is 13.5. The Morgan fingerprint density at radius 3 is 2.64 bits per heavy atom. The molecule has 0 aliphatic carbocycles. The number of nitrogens with zero attached hydrogens (tertiary/aromatic N) is 2. The average molecular weight is 384 g/mol. The van der Waals surface area contributed by atoms with E-state index in [2.05, 4.69) is 0 Å². The van der Waals surface area contributed by atoms with Gasteiger partial charge in [0.2, 0.25) is 5.91 Å². The molecule has 1 aliphatic heterocycles. The summed E-state index contributed by atoms with van der Waals surface area (Å²) < 4.78 is 18.9. The van der Waals surface area contributed by atoms with Crippen LogP contribution in [-0.4, -0.2) is 47.9 Å². The maximum Gasteiger partial charge on any atom is 0.257 e. The van der Waals surface area contributed by atoms with E-state index in [0.717, 1.165) is 12.0 Å². The predicted molar refractivity (Wildman–Crippen MR) is 105 cm³/mol. The number of benzene rings is 2. The van der Waals surface area contributed by atoms with Crippen molar-refractivity contribution in [3.05, 3.63) is 65.5 Å². The molecule has 1 heterocycles. The van der Waals surface area contributed by atoms with Gasteiger partial charge in [-0.3, -0.25) is 9.59 Å². The van der Waals surface area contributed by atoms with Crippen LogP contribution in [0.2, 0.25) is 0 Å². The van der Waals surface area contributed by atoms with E-state index in [1.807, 2.05) is 42.2 Å². The molecular weight excluding hydrogens is 359 g/mol. The molecule has 1 atom stereocenters. The van der Waals surface area contributed by atoms with Gasteiger partial charge in [-0.05, 0) is 30.2 Å². The van der Waals surface area contributed by atoms with Gasteiger partial charge >= 0.3 is 0 Å². The van der Waals surface area contributed by atoms with Crippen molar-refractivity contribution in [1.29, 1.82) is 0 Å². The number of ether oxygens (including phenoxy) is 1. The van der Waals surface area contributed by atoms with Gasteiger partial charge in [0, 0.05) is 32.1 Å². The standard InChI is InChI=1S/C22H25FN2O3/c1-3-18-15-24(22(27)19-13-17(23)9-10-20(19)28-2)12-11-21(26)25(18)14-16-7-5-4-6-8-16/h4-10,13,18H,3,11-12,14-15H2,1-2H3. The summed E-state index contributed by atoms with van der Waals surface area (Å²) in [5, 5.41) is 0. The normalized spacial score (nSPS) is 17.4. The van der Waals surface area contributed by atoms with Crippen LogP contribution in [0.25, 0.3) is 0 Å². The SMILES string of the molecule is CCC1CN(C(=O)c2cc(F)ccc2OC)CCC(=O)N1Cc1ccccc1. The Morgan fingerprint density at radius 1 is 1.21 bits per heavy atom. The lowest BCUT2D eigenvalue weighted by atomic mass is 10.1. The molecule has 0 aromatic heterocycles. The molecule has 1 fully saturated rings. The van der Waals surface area contributed by atoms with Gasteiger partial charge < -0.3 is 14.5 Å². The molecular formula is C22H25FN2O3. The molecule has 3 rings (SSSR count). The zero-order chi connectivity index (χ0) is 20.1. The van der Waals surface area contributed by atoms with Gasteiger partial charge in [-0.2, -0.15) is 0 Å². The van der Waals surface area contributed by atoms with Crippen LogP contribution in [0.3, 0.4) is 0 Å². The number of hydrogen-bond donors (Lipinski definition) is 0. The van der Waals surface area contributed by atoms with Crippen molar-refractivity contribution in [2.45, 2.75) is 32.4 Å². The first kappa shape index (κ1) is 19.9. The number of rotatable bonds is 5. The first-order valence-electron chi connectivity index (χ1n) is 9.49. The summed E-state index contributed by atoms with van der Waals surface area (Å²) in [6, 6.07) is 13.6. The van der Waals surface area contributed by atoms with E-state index in [0.29, 0.717) is 25.4 Å². The molecule has 0 bridgehead atoms. The number of amides is 2. The average Bonchev–Trinajstić information content (AvgIpc) is 2.87. The number of halogens is 1. The fraction of sp³-hybridized carbons (Fsp3) is 0.364. The van der Waals surface area contributed by atoms with Gasteiger partial charge in [0.15, 0.2) is 0 Å². The molecule has 1 unspecified atom stereocenters. The Balaban J connectivity index is 1.83. The van der Waals surface area contributed by atoms with Gasteiger partial charge in [-0.15, -0.1) is 0 Å². The van der Waals surface area contributed by atoms with Crippen LogP contribution >= 0.6 is 0 Å². The molecule has 2 aromatic rings. The minimum atomic E-state index is -0.493. The van der Waals surface area contributed by atoms with Crippen molar-refractivity contribution < 1.29 is 18.7 Å². The highest BCUT2D eigenvalue weighted by Gasteiger charge is 2.32. The van der Waals surface area contributed by atoms with Gasteiger partial charge in [-0.25, -0.2) is 4.39 Å². The summed E-state index contributed by atoms with van der Waals surface area (Å²) >= 11 is 0. The van der Waals surface area contributed by atoms with Crippen LogP contribution in [0.1, 0.15) is 35.7 Å². The summed E-state index contributed by atoms with van der Waals surface area (Å²) in [5.41, 5.74) is 1.24. The van der Waals surface area contributed by atoms with E-state index in [9.17, 15) is 14.0 Å². The lowest BCUT2D eigenvalue weighted by molar-refractivity contribution is -0.133. The molecule has 0 spiro atoms. The minimum Gasteiger partial charge on any atom is -0.496 e. The van der Waals surface area contributed by atoms with Crippen molar-refractivity contribution in [2.75, 3.05) is 20.2 Å². The van der Waals surface area contributed by atoms with Crippen LogP contribution < -0.4 is 4.74 Å². The molecule has 0 N–H and O–H groups in total. The monoisotopic (exact) mass is 384 g/mol. The predicted octanol–water partition coefficient (Wildman–Crippen LogP) is 3.49. The highest BCUT2D eigenvalue weighted by atomic mass is 19.1. The summed E-state index contributed by atoms with van der Waals surface area (Å²) in [5.74, 6) is -0.453. The molecule has 28 heavy (non-hydrogen) atoms. The Bertz CT molecular complexity index is 841. The summed E-state index contributed by atoms with van der Waals surface area (Å²) in [6.45, 7) is 3.24. The Hall–Kier alpha value is -2.89. The second-order valence-corrected chi connectivity index (χ2v) is 6.92. The van der Waals surface area contributed by atoms with Crippen LogP contribution in [0.15, 0.2) is 48.5 Å². The van der Waals surface area contributed by atoms with Crippen molar-refractivity contribution in [3.8, 4) is 5.75 Å². The molecule has 1 saturated heterocycles. The van der Waals surface area contributed by atoms with E-state index in [1.165, 1.54) is 25.3 Å². The van der Waals surface area contributed by atoms with Crippen LogP contribution in [0.4, 0.5) is 4.39 Å². The van der Waals surface area contributed by atoms with Gasteiger partial charge in [0.25, 0.3) is 5.91 Å². The molecule has 2 amide bonds. The van der Waals surface area contributed by atoms with Crippen molar-refractivity contribution in [2.24, 2.45) is 0 Å². The topological polar surface area (TPSA) is 49.9 Å². The van der Waals surface area contributed by atoms with Crippen molar-refractivity contribution in [3.63, 3.8) is 0 Å². The van der Waals surface area contributed by atoms with Crippen molar-refractivity contribution in [1.82, 2.24) is 9.80 Å². The molecule has 6 heteroatoms. The number of methoxy groups -OCH3 is 1. The zero-order valence-electron chi connectivity index (χ0n) is 16.2. The highest BCUT2D eigenvalue weighted by Crippen LogP contribution is 2.24. The van der Waals surface area contributed by atoms with E-state index in [-0.39, 0.29) is 29.8 Å². The third-order valence-corrected chi connectivity index (χ3v) is 5.13. The van der Waals surface area contributed by atoms with E-state index >= 15 is 0 Å². The largest absolute Gasteiger partial charge is 0.496 e. The lowest BCUT2D eigenvalue weighted by Gasteiger charge is -2.31. The maximum absolute atomic E-state index is 13.7. The summed E-state index contributed by atoms with van der Waals surface area (Å²) in [4.78, 5) is 29.3. The lowest BCUT2D eigenvalue weighted by Crippen LogP contribution is -2.43. The number of carbonyl (C=O) groups excluding carboxylic acids is 2. The van der Waals surface area contributed by atoms with E-state index in [4.69, 9.17) is 4.74 Å². The van der Waals surface area contributed by atoms with Crippen LogP contribution in [0, 0.1) is 5.82 Å². The van der Waals surface area contributed by atoms with Gasteiger partial charge in [0.1, 0.15) is 11.6 Å². The molecule has 2 aromatic carbocycles. The van der Waals surface area contributed by atoms with Gasteiger partial charge in [0.05, 0.1) is 12.7 Å². The Kier molecular flexibility index (Phi) is 6.29. The van der Waals surface area contributed by atoms with Gasteiger partial charge in [-0.1, -0.05) is 37.3 Å². The van der Waals surface area contributed by atoms with E-state index < -0.39 is 5.82 Å². The summed E-state index contributed by atoms with van der Waals surface area (Å²) in [7, 11) is 1.45. The van der Waals surface area contributed by atoms with E-state index in [1.54, 1.807) is 4.90 Å². The molecule has 0 radical (unpaired) electrons. The highest BCUT2D eigenvalue weighted by molar-refractivity contribution is 5.97. The van der Waals surface area contributed by atoms with Crippen LogP contribution in [0.5, 0.6) is 5.75 Å². The third-order valence-electron chi connectivity index (χ3n) is 5.13. The first-order valence-corrected chi connectivity index (χ1v) is 9.49. The second kappa shape index (κ2) is 8.87. The summed E-state index contributed by atoms with van der Waals surface area (Å²) in [6.07, 6.45) is 0.968. The Labute approximate surface area is 164 Å². The number of carbonyl (C=O) groups is 2. The molecule has 5 nitrogen and oxygen atoms in total. The second-order valence-electron chi connectivity index (χ2n) is 6.92. The quantitative estimate of drug-likeness (QED) is 0.793. The maximum atomic E-state index is 13.7. The Morgan fingerprint density at radius 2 is 1.96 bits per heavy atom. The fourth-order valence-corrected chi connectivity index (χ4v) is 3.57. The van der Waals surface area contributed by atoms with Crippen LogP contribution in [-0.2, 0) is 11.3 Å². The van der Waals surface area contributed by atoms with Crippen molar-refractivity contribution >= 4 is 11.8 Å².